The molecule has 2 aliphatic heterocycles. The van der Waals surface area contributed by atoms with E-state index in [1.807, 2.05) is 12.1 Å². The molecular weight excluding hydrogens is 238 g/mol. The van der Waals surface area contributed by atoms with Gasteiger partial charge in [-0.3, -0.25) is 4.90 Å². The Labute approximate surface area is 115 Å². The Bertz CT molecular complexity index is 410. The summed E-state index contributed by atoms with van der Waals surface area (Å²) in [5.41, 5.74) is 7.97. The number of rotatable bonds is 2. The minimum atomic E-state index is 0.733. The molecule has 0 atom stereocenters. The van der Waals surface area contributed by atoms with Crippen molar-refractivity contribution in [2.45, 2.75) is 18.9 Å². The second-order valence-corrected chi connectivity index (χ2v) is 5.46. The van der Waals surface area contributed by atoms with Crippen molar-refractivity contribution in [3.63, 3.8) is 0 Å². The summed E-state index contributed by atoms with van der Waals surface area (Å²) < 4.78 is 5.44. The molecule has 2 saturated heterocycles. The fraction of sp³-hybridized carbons (Fsp3) is 0.600. The van der Waals surface area contributed by atoms with Crippen LogP contribution >= 0.6 is 0 Å². The van der Waals surface area contributed by atoms with E-state index >= 15 is 0 Å². The van der Waals surface area contributed by atoms with Crippen molar-refractivity contribution in [2.75, 3.05) is 50.0 Å². The van der Waals surface area contributed by atoms with Crippen LogP contribution < -0.4 is 10.6 Å². The Hall–Kier alpha value is -1.26. The molecule has 3 rings (SSSR count). The summed E-state index contributed by atoms with van der Waals surface area (Å²) >= 11 is 0. The molecule has 2 aliphatic rings. The zero-order chi connectivity index (χ0) is 13.1. The molecule has 0 unspecified atom stereocenters. The van der Waals surface area contributed by atoms with E-state index in [0.29, 0.717) is 0 Å². The molecule has 0 saturated carbocycles. The first-order valence-corrected chi connectivity index (χ1v) is 7.25. The molecular formula is C15H23N3O. The number of piperazine rings is 1. The highest BCUT2D eigenvalue weighted by atomic mass is 16.5. The van der Waals surface area contributed by atoms with Gasteiger partial charge in [-0.25, -0.2) is 0 Å². The third kappa shape index (κ3) is 3.01. The van der Waals surface area contributed by atoms with Gasteiger partial charge in [0.05, 0.1) is 0 Å². The van der Waals surface area contributed by atoms with Crippen LogP contribution in [0.25, 0.3) is 0 Å². The van der Waals surface area contributed by atoms with E-state index in [-0.39, 0.29) is 0 Å². The number of nitrogens with zero attached hydrogens (tertiary/aromatic N) is 2. The zero-order valence-corrected chi connectivity index (χ0v) is 11.4. The van der Waals surface area contributed by atoms with Crippen molar-refractivity contribution in [2.24, 2.45) is 0 Å². The fourth-order valence-corrected chi connectivity index (χ4v) is 3.12. The minimum absolute atomic E-state index is 0.733. The molecule has 0 bridgehead atoms. The summed E-state index contributed by atoms with van der Waals surface area (Å²) in [5.74, 6) is 0. The predicted molar refractivity (Wildman–Crippen MR) is 78.5 cm³/mol. The van der Waals surface area contributed by atoms with E-state index < -0.39 is 0 Å². The van der Waals surface area contributed by atoms with Crippen molar-refractivity contribution in [1.29, 1.82) is 0 Å². The van der Waals surface area contributed by atoms with Gasteiger partial charge in [0.2, 0.25) is 0 Å². The van der Waals surface area contributed by atoms with Crippen LogP contribution in [0.2, 0.25) is 0 Å². The van der Waals surface area contributed by atoms with Crippen LogP contribution in [0.15, 0.2) is 24.3 Å². The molecule has 2 heterocycles. The van der Waals surface area contributed by atoms with E-state index in [0.717, 1.165) is 51.1 Å². The average Bonchev–Trinajstić information content (AvgIpc) is 2.48. The molecule has 0 aromatic heterocycles. The molecule has 2 fully saturated rings. The van der Waals surface area contributed by atoms with Crippen LogP contribution in [-0.2, 0) is 4.74 Å². The number of ether oxygens (including phenoxy) is 1. The first-order chi connectivity index (χ1) is 9.33. The molecule has 104 valence electrons. The first-order valence-electron chi connectivity index (χ1n) is 7.25. The molecule has 1 aromatic rings. The molecule has 1 aromatic carbocycles. The highest BCUT2D eigenvalue weighted by Crippen LogP contribution is 2.21. The lowest BCUT2D eigenvalue weighted by molar-refractivity contribution is 0.0321. The van der Waals surface area contributed by atoms with Crippen LogP contribution in [0.4, 0.5) is 11.4 Å². The lowest BCUT2D eigenvalue weighted by Crippen LogP contribution is -2.51. The number of hydrogen-bond acceptors (Lipinski definition) is 4. The second kappa shape index (κ2) is 5.80. The zero-order valence-electron chi connectivity index (χ0n) is 11.4. The van der Waals surface area contributed by atoms with Crippen LogP contribution in [0.1, 0.15) is 12.8 Å². The Balaban J connectivity index is 1.57. The molecule has 19 heavy (non-hydrogen) atoms. The topological polar surface area (TPSA) is 41.7 Å². The number of anilines is 2. The van der Waals surface area contributed by atoms with Crippen molar-refractivity contribution in [3.05, 3.63) is 24.3 Å². The molecule has 0 spiro atoms. The Morgan fingerprint density at radius 2 is 1.79 bits per heavy atom. The predicted octanol–water partition coefficient (Wildman–Crippen LogP) is 1.57. The SMILES string of the molecule is Nc1cccc(N2CCN(C3CCOCC3)CC2)c1. The summed E-state index contributed by atoms with van der Waals surface area (Å²) in [6.45, 7) is 6.36. The van der Waals surface area contributed by atoms with Gasteiger partial charge < -0.3 is 15.4 Å². The standard InChI is InChI=1S/C15H23N3O/c16-13-2-1-3-15(12-13)18-8-6-17(7-9-18)14-4-10-19-11-5-14/h1-3,12,14H,4-11,16H2. The van der Waals surface area contributed by atoms with Crippen molar-refractivity contribution in [3.8, 4) is 0 Å². The van der Waals surface area contributed by atoms with Crippen LogP contribution in [-0.4, -0.2) is 50.3 Å². The van der Waals surface area contributed by atoms with Gasteiger partial charge in [-0.05, 0) is 31.0 Å². The van der Waals surface area contributed by atoms with Crippen molar-refractivity contribution >= 4 is 11.4 Å². The van der Waals surface area contributed by atoms with Gasteiger partial charge in [-0.1, -0.05) is 6.07 Å². The third-order valence-corrected chi connectivity index (χ3v) is 4.26. The van der Waals surface area contributed by atoms with Gasteiger partial charge in [0, 0.05) is 56.8 Å². The molecule has 0 amide bonds. The number of benzene rings is 1. The van der Waals surface area contributed by atoms with Gasteiger partial charge in [0.1, 0.15) is 0 Å². The summed E-state index contributed by atoms with van der Waals surface area (Å²) in [5, 5.41) is 0. The Morgan fingerprint density at radius 3 is 2.47 bits per heavy atom. The number of nitrogens with two attached hydrogens (primary N) is 1. The molecule has 2 N–H and O–H groups in total. The number of nitrogen functional groups attached to an aromatic ring is 1. The van der Waals surface area contributed by atoms with Crippen molar-refractivity contribution in [1.82, 2.24) is 4.90 Å². The maximum Gasteiger partial charge on any atom is 0.0480 e. The Morgan fingerprint density at radius 1 is 1.05 bits per heavy atom. The van der Waals surface area contributed by atoms with E-state index in [1.54, 1.807) is 0 Å². The van der Waals surface area contributed by atoms with E-state index in [1.165, 1.54) is 18.5 Å². The Kier molecular flexibility index (Phi) is 3.89. The number of hydrogen-bond donors (Lipinski definition) is 1. The van der Waals surface area contributed by atoms with E-state index in [9.17, 15) is 0 Å². The van der Waals surface area contributed by atoms with Gasteiger partial charge in [0.25, 0.3) is 0 Å². The van der Waals surface area contributed by atoms with Crippen LogP contribution in [0.3, 0.4) is 0 Å². The van der Waals surface area contributed by atoms with Gasteiger partial charge in [-0.2, -0.15) is 0 Å². The summed E-state index contributed by atoms with van der Waals surface area (Å²) in [4.78, 5) is 5.07. The van der Waals surface area contributed by atoms with Gasteiger partial charge in [0.15, 0.2) is 0 Å². The lowest BCUT2D eigenvalue weighted by atomic mass is 10.1. The molecule has 4 heteroatoms. The summed E-state index contributed by atoms with van der Waals surface area (Å²) in [7, 11) is 0. The van der Waals surface area contributed by atoms with Gasteiger partial charge >= 0.3 is 0 Å². The third-order valence-electron chi connectivity index (χ3n) is 4.26. The lowest BCUT2D eigenvalue weighted by Gasteiger charge is -2.41. The quantitative estimate of drug-likeness (QED) is 0.821. The molecule has 0 aliphatic carbocycles. The molecule has 0 radical (unpaired) electrons. The smallest absolute Gasteiger partial charge is 0.0480 e. The van der Waals surface area contributed by atoms with E-state index in [4.69, 9.17) is 10.5 Å². The van der Waals surface area contributed by atoms with E-state index in [2.05, 4.69) is 21.9 Å². The van der Waals surface area contributed by atoms with Crippen LogP contribution in [0.5, 0.6) is 0 Å². The van der Waals surface area contributed by atoms with Crippen molar-refractivity contribution < 1.29 is 4.74 Å². The second-order valence-electron chi connectivity index (χ2n) is 5.46. The monoisotopic (exact) mass is 261 g/mol. The van der Waals surface area contributed by atoms with Crippen LogP contribution in [0, 0.1) is 0 Å². The molecule has 4 nitrogen and oxygen atoms in total. The largest absolute Gasteiger partial charge is 0.399 e. The maximum atomic E-state index is 5.86. The minimum Gasteiger partial charge on any atom is -0.399 e. The maximum absolute atomic E-state index is 5.86. The average molecular weight is 261 g/mol. The fourth-order valence-electron chi connectivity index (χ4n) is 3.12. The summed E-state index contributed by atoms with van der Waals surface area (Å²) in [6, 6.07) is 8.94. The first kappa shape index (κ1) is 12.8. The van der Waals surface area contributed by atoms with Gasteiger partial charge in [-0.15, -0.1) is 0 Å². The summed E-state index contributed by atoms with van der Waals surface area (Å²) in [6.07, 6.45) is 2.39. The highest BCUT2D eigenvalue weighted by Gasteiger charge is 2.25. The normalized spacial score (nSPS) is 22.6. The highest BCUT2D eigenvalue weighted by molar-refractivity contribution is 5.56.